The third-order valence-corrected chi connectivity index (χ3v) is 3.12. The lowest BCUT2D eigenvalue weighted by Gasteiger charge is -2.01. The summed E-state index contributed by atoms with van der Waals surface area (Å²) in [5.74, 6) is 0.602. The topological polar surface area (TPSA) is 71.7 Å². The number of ether oxygens (including phenoxy) is 1. The van der Waals surface area contributed by atoms with Gasteiger partial charge in [0.15, 0.2) is 5.69 Å². The number of methoxy groups -OCH3 is 1. The van der Waals surface area contributed by atoms with Crippen LogP contribution in [0.1, 0.15) is 0 Å². The lowest BCUT2D eigenvalue weighted by atomic mass is 10.3. The van der Waals surface area contributed by atoms with E-state index in [1.165, 1.54) is 10.9 Å². The highest BCUT2D eigenvalue weighted by molar-refractivity contribution is 5.51. The van der Waals surface area contributed by atoms with Crippen molar-refractivity contribution >= 4 is 11.4 Å². The number of rotatable bonds is 4. The predicted molar refractivity (Wildman–Crippen MR) is 83.6 cm³/mol. The van der Waals surface area contributed by atoms with E-state index >= 15 is 0 Å². The Morgan fingerprint density at radius 1 is 0.955 bits per heavy atom. The largest absolute Gasteiger partial charge is 0.494 e. The summed E-state index contributed by atoms with van der Waals surface area (Å²) in [6.07, 6.45) is 1.52. The summed E-state index contributed by atoms with van der Waals surface area (Å²) in [6, 6.07) is 16.5. The van der Waals surface area contributed by atoms with Crippen molar-refractivity contribution in [3.05, 3.63) is 71.1 Å². The molecular weight excluding hydrogens is 280 g/mol. The van der Waals surface area contributed by atoms with Crippen LogP contribution in [0, 0.1) is 0 Å². The molecule has 0 spiro atoms. The highest BCUT2D eigenvalue weighted by Crippen LogP contribution is 2.27. The van der Waals surface area contributed by atoms with Gasteiger partial charge in [-0.15, -0.1) is 10.2 Å². The lowest BCUT2D eigenvalue weighted by Crippen LogP contribution is -2.13. The number of hydrogen-bond donors (Lipinski definition) is 1. The molecule has 0 aliphatic heterocycles. The van der Waals surface area contributed by atoms with E-state index < -0.39 is 0 Å². The Morgan fingerprint density at radius 3 is 2.41 bits per heavy atom. The molecule has 0 saturated heterocycles. The van der Waals surface area contributed by atoms with Crippen LogP contribution in [0.3, 0.4) is 0 Å². The van der Waals surface area contributed by atoms with E-state index in [1.807, 2.05) is 42.5 Å². The Labute approximate surface area is 126 Å². The van der Waals surface area contributed by atoms with Gasteiger partial charge >= 0.3 is 0 Å². The number of H-pyrrole nitrogens is 1. The molecule has 1 aromatic heterocycles. The summed E-state index contributed by atoms with van der Waals surface area (Å²) in [7, 11) is 1.56. The second-order valence-electron chi connectivity index (χ2n) is 4.51. The monoisotopic (exact) mass is 294 g/mol. The van der Waals surface area contributed by atoms with Gasteiger partial charge in [-0.05, 0) is 24.3 Å². The Bertz CT molecular complexity index is 850. The van der Waals surface area contributed by atoms with Gasteiger partial charge in [0, 0.05) is 0 Å². The molecule has 0 atom stereocenters. The summed E-state index contributed by atoms with van der Waals surface area (Å²) < 4.78 is 6.61. The molecular formula is C16H14N4O2. The normalized spacial score (nSPS) is 11.0. The lowest BCUT2D eigenvalue weighted by molar-refractivity contribution is 0.416. The van der Waals surface area contributed by atoms with Crippen LogP contribution >= 0.6 is 0 Å². The van der Waals surface area contributed by atoms with Crippen molar-refractivity contribution in [1.82, 2.24) is 9.78 Å². The molecule has 110 valence electrons. The molecule has 6 nitrogen and oxygen atoms in total. The molecule has 0 unspecified atom stereocenters. The predicted octanol–water partition coefficient (Wildman–Crippen LogP) is 3.59. The maximum Gasteiger partial charge on any atom is 0.298 e. The molecule has 1 heterocycles. The second kappa shape index (κ2) is 6.09. The summed E-state index contributed by atoms with van der Waals surface area (Å²) in [5.41, 5.74) is 1.28. The van der Waals surface area contributed by atoms with Gasteiger partial charge in [0.05, 0.1) is 19.0 Å². The van der Waals surface area contributed by atoms with Crippen LogP contribution in [-0.2, 0) is 0 Å². The van der Waals surface area contributed by atoms with Crippen molar-refractivity contribution in [2.24, 2.45) is 10.2 Å². The number of aromatic amines is 1. The van der Waals surface area contributed by atoms with E-state index in [2.05, 4.69) is 15.3 Å². The zero-order valence-corrected chi connectivity index (χ0v) is 11.9. The maximum atomic E-state index is 12.3. The first-order valence-corrected chi connectivity index (χ1v) is 6.70. The first kappa shape index (κ1) is 13.8. The highest BCUT2D eigenvalue weighted by Gasteiger charge is 2.07. The van der Waals surface area contributed by atoms with E-state index in [4.69, 9.17) is 4.74 Å². The van der Waals surface area contributed by atoms with E-state index in [0.717, 1.165) is 5.69 Å². The molecule has 0 aliphatic carbocycles. The average Bonchev–Trinajstić information content (AvgIpc) is 2.95. The van der Waals surface area contributed by atoms with E-state index in [0.29, 0.717) is 11.4 Å². The number of para-hydroxylation sites is 2. The van der Waals surface area contributed by atoms with Crippen molar-refractivity contribution in [1.29, 1.82) is 0 Å². The minimum absolute atomic E-state index is 0.231. The van der Waals surface area contributed by atoms with Crippen LogP contribution in [0.25, 0.3) is 5.69 Å². The summed E-state index contributed by atoms with van der Waals surface area (Å²) in [6.45, 7) is 0. The molecule has 0 saturated carbocycles. The zero-order chi connectivity index (χ0) is 15.4. The summed E-state index contributed by atoms with van der Waals surface area (Å²) in [4.78, 5) is 12.3. The Morgan fingerprint density at radius 2 is 1.64 bits per heavy atom. The number of nitrogens with one attached hydrogen (secondary N) is 1. The zero-order valence-electron chi connectivity index (χ0n) is 11.9. The van der Waals surface area contributed by atoms with Gasteiger partial charge in [-0.25, -0.2) is 4.68 Å². The van der Waals surface area contributed by atoms with Crippen LogP contribution < -0.4 is 10.3 Å². The fourth-order valence-corrected chi connectivity index (χ4v) is 2.02. The van der Waals surface area contributed by atoms with Crippen LogP contribution in [0.4, 0.5) is 11.4 Å². The highest BCUT2D eigenvalue weighted by atomic mass is 16.5. The van der Waals surface area contributed by atoms with Crippen molar-refractivity contribution in [2.45, 2.75) is 0 Å². The summed E-state index contributed by atoms with van der Waals surface area (Å²) in [5, 5.41) is 11.0. The van der Waals surface area contributed by atoms with E-state index in [-0.39, 0.29) is 11.2 Å². The molecule has 0 amide bonds. The first-order valence-electron chi connectivity index (χ1n) is 6.70. The molecule has 0 radical (unpaired) electrons. The van der Waals surface area contributed by atoms with Gasteiger partial charge in [0.2, 0.25) is 0 Å². The molecule has 1 N–H and O–H groups in total. The quantitative estimate of drug-likeness (QED) is 0.747. The molecule has 6 heteroatoms. The Hall–Kier alpha value is -3.15. The Kier molecular flexibility index (Phi) is 3.82. The minimum atomic E-state index is -0.259. The van der Waals surface area contributed by atoms with Gasteiger partial charge in [0.25, 0.3) is 5.56 Å². The van der Waals surface area contributed by atoms with Crippen LogP contribution in [0.5, 0.6) is 5.75 Å². The third kappa shape index (κ3) is 2.67. The fourth-order valence-electron chi connectivity index (χ4n) is 2.02. The number of hydrogen-bond acceptors (Lipinski definition) is 4. The van der Waals surface area contributed by atoms with E-state index in [9.17, 15) is 4.79 Å². The molecule has 3 aromatic rings. The number of aromatic nitrogens is 2. The summed E-state index contributed by atoms with van der Waals surface area (Å²) >= 11 is 0. The molecule has 2 aromatic carbocycles. The van der Waals surface area contributed by atoms with Gasteiger partial charge in [-0.3, -0.25) is 9.89 Å². The van der Waals surface area contributed by atoms with Gasteiger partial charge in [-0.1, -0.05) is 30.3 Å². The number of nitrogens with zero attached hydrogens (tertiary/aromatic N) is 3. The average molecular weight is 294 g/mol. The molecule has 0 aliphatic rings. The smallest absolute Gasteiger partial charge is 0.298 e. The van der Waals surface area contributed by atoms with Crippen molar-refractivity contribution in [2.75, 3.05) is 7.11 Å². The molecule has 0 bridgehead atoms. The van der Waals surface area contributed by atoms with Crippen molar-refractivity contribution < 1.29 is 4.74 Å². The number of azo groups is 1. The first-order chi connectivity index (χ1) is 10.8. The van der Waals surface area contributed by atoms with Crippen LogP contribution in [0.2, 0.25) is 0 Å². The van der Waals surface area contributed by atoms with Crippen molar-refractivity contribution in [3.8, 4) is 11.4 Å². The fraction of sp³-hybridized carbons (Fsp3) is 0.0625. The standard InChI is InChI=1S/C16H14N4O2/c1-22-15-10-6-5-9-13(15)18-19-14-11-17-20(16(14)21)12-7-3-2-4-8-12/h2-11,17H,1H3/b19-18+. The van der Waals surface area contributed by atoms with Gasteiger partial charge in [0.1, 0.15) is 11.4 Å². The minimum Gasteiger partial charge on any atom is -0.494 e. The molecule has 3 rings (SSSR count). The van der Waals surface area contributed by atoms with Crippen LogP contribution in [-0.4, -0.2) is 16.9 Å². The Balaban J connectivity index is 1.93. The van der Waals surface area contributed by atoms with Gasteiger partial charge < -0.3 is 4.74 Å². The van der Waals surface area contributed by atoms with E-state index in [1.54, 1.807) is 19.2 Å². The third-order valence-electron chi connectivity index (χ3n) is 3.12. The maximum absolute atomic E-state index is 12.3. The van der Waals surface area contributed by atoms with Gasteiger partial charge in [-0.2, -0.15) is 0 Å². The van der Waals surface area contributed by atoms with Crippen molar-refractivity contribution in [3.63, 3.8) is 0 Å². The SMILES string of the molecule is COc1ccccc1/N=N/c1c[nH]n(-c2ccccc2)c1=O. The number of benzene rings is 2. The molecule has 0 fully saturated rings. The second-order valence-corrected chi connectivity index (χ2v) is 4.51. The van der Waals surface area contributed by atoms with Crippen LogP contribution in [0.15, 0.2) is 75.8 Å². The molecule has 22 heavy (non-hydrogen) atoms.